The molecule has 106 valence electrons. The molecule has 20 heavy (non-hydrogen) atoms. The Morgan fingerprint density at radius 3 is 2.65 bits per heavy atom. The quantitative estimate of drug-likeness (QED) is 0.848. The van der Waals surface area contributed by atoms with Crippen LogP contribution in [0.1, 0.15) is 29.3 Å². The number of hydrogen-bond donors (Lipinski definition) is 2. The van der Waals surface area contributed by atoms with E-state index in [1.165, 1.54) is 5.56 Å². The highest BCUT2D eigenvalue weighted by molar-refractivity contribution is 5.40. The number of benzene rings is 1. The van der Waals surface area contributed by atoms with Crippen LogP contribution in [0.2, 0.25) is 0 Å². The van der Waals surface area contributed by atoms with E-state index in [1.807, 2.05) is 32.0 Å². The zero-order valence-electron chi connectivity index (χ0n) is 12.0. The molecule has 4 nitrogen and oxygen atoms in total. The Bertz CT molecular complexity index is 543. The van der Waals surface area contributed by atoms with Crippen LogP contribution in [0.4, 0.5) is 5.82 Å². The molecule has 0 aliphatic carbocycles. The summed E-state index contributed by atoms with van der Waals surface area (Å²) in [5, 5.41) is 12.6. The minimum absolute atomic E-state index is 0.180. The van der Waals surface area contributed by atoms with Gasteiger partial charge in [0.2, 0.25) is 0 Å². The Morgan fingerprint density at radius 1 is 1.20 bits per heavy atom. The first-order valence-corrected chi connectivity index (χ1v) is 6.90. The lowest BCUT2D eigenvalue weighted by molar-refractivity contribution is 0.277. The fourth-order valence-electron chi connectivity index (χ4n) is 2.19. The van der Waals surface area contributed by atoms with E-state index in [2.05, 4.69) is 27.4 Å². The van der Waals surface area contributed by atoms with Gasteiger partial charge in [-0.2, -0.15) is 0 Å². The van der Waals surface area contributed by atoms with Crippen molar-refractivity contribution < 1.29 is 5.11 Å². The first-order chi connectivity index (χ1) is 9.70. The molecule has 1 aromatic carbocycles. The van der Waals surface area contributed by atoms with Crippen molar-refractivity contribution in [2.75, 3.05) is 18.5 Å². The van der Waals surface area contributed by atoms with Crippen LogP contribution in [0.5, 0.6) is 0 Å². The summed E-state index contributed by atoms with van der Waals surface area (Å²) in [7, 11) is 0. The van der Waals surface area contributed by atoms with Crippen molar-refractivity contribution in [2.45, 2.75) is 26.2 Å². The molecule has 0 radical (unpaired) electrons. The highest BCUT2D eigenvalue weighted by Gasteiger charge is 2.12. The van der Waals surface area contributed by atoms with Crippen molar-refractivity contribution in [3.63, 3.8) is 0 Å². The summed E-state index contributed by atoms with van der Waals surface area (Å²) >= 11 is 0. The fourth-order valence-corrected chi connectivity index (χ4v) is 2.19. The lowest BCUT2D eigenvalue weighted by Gasteiger charge is -2.18. The Labute approximate surface area is 119 Å². The summed E-state index contributed by atoms with van der Waals surface area (Å²) in [6, 6.07) is 10.2. The summed E-state index contributed by atoms with van der Waals surface area (Å²) in [6.45, 7) is 4.79. The highest BCUT2D eigenvalue weighted by atomic mass is 16.3. The van der Waals surface area contributed by atoms with Gasteiger partial charge in [-0.25, -0.2) is 4.98 Å². The average Bonchev–Trinajstić information content (AvgIpc) is 2.47. The molecule has 0 spiro atoms. The van der Waals surface area contributed by atoms with Crippen LogP contribution in [0.3, 0.4) is 0 Å². The van der Waals surface area contributed by atoms with Crippen LogP contribution in [-0.4, -0.2) is 28.2 Å². The second kappa shape index (κ2) is 7.01. The zero-order valence-corrected chi connectivity index (χ0v) is 12.0. The van der Waals surface area contributed by atoms with Crippen molar-refractivity contribution in [3.8, 4) is 0 Å². The van der Waals surface area contributed by atoms with Gasteiger partial charge in [0, 0.05) is 25.3 Å². The summed E-state index contributed by atoms with van der Waals surface area (Å²) < 4.78 is 0. The Morgan fingerprint density at radius 2 is 1.95 bits per heavy atom. The standard InChI is InChI=1S/C16H21N3O/c1-12-10-17-13(2)16(19-12)18-11-15(8-9-20)14-6-4-3-5-7-14/h3-7,10,15,20H,8-9,11H2,1-2H3,(H,18,19)/t15-/m1/s1. The molecule has 4 heteroatoms. The third kappa shape index (κ3) is 3.78. The monoisotopic (exact) mass is 271 g/mol. The van der Waals surface area contributed by atoms with Crippen LogP contribution in [-0.2, 0) is 0 Å². The van der Waals surface area contributed by atoms with Crippen LogP contribution < -0.4 is 5.32 Å². The van der Waals surface area contributed by atoms with Gasteiger partial charge in [-0.15, -0.1) is 0 Å². The molecule has 1 aromatic heterocycles. The number of hydrogen-bond acceptors (Lipinski definition) is 4. The van der Waals surface area contributed by atoms with Crippen molar-refractivity contribution in [1.82, 2.24) is 9.97 Å². The number of anilines is 1. The van der Waals surface area contributed by atoms with Gasteiger partial charge in [0.1, 0.15) is 5.82 Å². The molecule has 0 saturated heterocycles. The number of rotatable bonds is 6. The maximum absolute atomic E-state index is 9.24. The molecule has 0 fully saturated rings. The number of aliphatic hydroxyl groups is 1. The second-order valence-electron chi connectivity index (χ2n) is 4.95. The molecule has 1 heterocycles. The van der Waals surface area contributed by atoms with Gasteiger partial charge in [0.05, 0.1) is 11.4 Å². The zero-order chi connectivity index (χ0) is 14.4. The molecule has 1 atom stereocenters. The van der Waals surface area contributed by atoms with Crippen LogP contribution in [0.25, 0.3) is 0 Å². The Balaban J connectivity index is 2.07. The minimum Gasteiger partial charge on any atom is -0.396 e. The van der Waals surface area contributed by atoms with Gasteiger partial charge in [0.25, 0.3) is 0 Å². The number of nitrogens with zero attached hydrogens (tertiary/aromatic N) is 2. The molecule has 2 rings (SSSR count). The Hall–Kier alpha value is -1.94. The van der Waals surface area contributed by atoms with E-state index in [0.29, 0.717) is 0 Å². The van der Waals surface area contributed by atoms with Crippen LogP contribution >= 0.6 is 0 Å². The predicted molar refractivity (Wildman–Crippen MR) is 80.9 cm³/mol. The molecule has 0 amide bonds. The molecule has 0 unspecified atom stereocenters. The normalized spacial score (nSPS) is 12.2. The third-order valence-corrected chi connectivity index (χ3v) is 3.34. The predicted octanol–water partition coefficient (Wildman–Crippen LogP) is 2.67. The van der Waals surface area contributed by atoms with E-state index in [0.717, 1.165) is 30.2 Å². The molecule has 2 N–H and O–H groups in total. The van der Waals surface area contributed by atoms with Gasteiger partial charge in [-0.05, 0) is 25.8 Å². The molecular weight excluding hydrogens is 250 g/mol. The molecular formula is C16H21N3O. The maximum atomic E-state index is 9.24. The van der Waals surface area contributed by atoms with Crippen molar-refractivity contribution >= 4 is 5.82 Å². The molecule has 0 aliphatic heterocycles. The van der Waals surface area contributed by atoms with Crippen molar-refractivity contribution in [1.29, 1.82) is 0 Å². The molecule has 0 aliphatic rings. The number of aryl methyl sites for hydroxylation is 2. The second-order valence-corrected chi connectivity index (χ2v) is 4.95. The lowest BCUT2D eigenvalue weighted by Crippen LogP contribution is -2.16. The molecule has 0 bridgehead atoms. The van der Waals surface area contributed by atoms with Crippen molar-refractivity contribution in [2.24, 2.45) is 0 Å². The number of aliphatic hydroxyl groups excluding tert-OH is 1. The van der Waals surface area contributed by atoms with Crippen LogP contribution in [0.15, 0.2) is 36.5 Å². The summed E-state index contributed by atoms with van der Waals surface area (Å²) in [5.74, 6) is 1.09. The largest absolute Gasteiger partial charge is 0.396 e. The lowest BCUT2D eigenvalue weighted by atomic mass is 9.96. The van der Waals surface area contributed by atoms with Gasteiger partial charge in [-0.1, -0.05) is 30.3 Å². The van der Waals surface area contributed by atoms with Gasteiger partial charge < -0.3 is 10.4 Å². The topological polar surface area (TPSA) is 58.0 Å². The van der Waals surface area contributed by atoms with E-state index >= 15 is 0 Å². The summed E-state index contributed by atoms with van der Waals surface area (Å²) in [4.78, 5) is 8.76. The van der Waals surface area contributed by atoms with E-state index in [-0.39, 0.29) is 12.5 Å². The first kappa shape index (κ1) is 14.5. The molecule has 0 saturated carbocycles. The highest BCUT2D eigenvalue weighted by Crippen LogP contribution is 2.20. The minimum atomic E-state index is 0.180. The summed E-state index contributed by atoms with van der Waals surface area (Å²) in [5.41, 5.74) is 3.02. The average molecular weight is 271 g/mol. The number of aromatic nitrogens is 2. The van der Waals surface area contributed by atoms with Crippen molar-refractivity contribution in [3.05, 3.63) is 53.5 Å². The first-order valence-electron chi connectivity index (χ1n) is 6.90. The van der Waals surface area contributed by atoms with E-state index in [9.17, 15) is 5.11 Å². The third-order valence-electron chi connectivity index (χ3n) is 3.34. The SMILES string of the molecule is Cc1cnc(C)c(NC[C@@H](CCO)c2ccccc2)n1. The van der Waals surface area contributed by atoms with E-state index in [4.69, 9.17) is 0 Å². The van der Waals surface area contributed by atoms with Crippen LogP contribution in [0, 0.1) is 13.8 Å². The van der Waals surface area contributed by atoms with Gasteiger partial charge >= 0.3 is 0 Å². The molecule has 2 aromatic rings. The fraction of sp³-hybridized carbons (Fsp3) is 0.375. The van der Waals surface area contributed by atoms with Gasteiger partial charge in [0.15, 0.2) is 0 Å². The Kier molecular flexibility index (Phi) is 5.07. The number of nitrogens with one attached hydrogen (secondary N) is 1. The maximum Gasteiger partial charge on any atom is 0.147 e. The van der Waals surface area contributed by atoms with Gasteiger partial charge in [-0.3, -0.25) is 4.98 Å². The smallest absolute Gasteiger partial charge is 0.147 e. The van der Waals surface area contributed by atoms with E-state index in [1.54, 1.807) is 6.20 Å². The summed E-state index contributed by atoms with van der Waals surface area (Å²) in [6.07, 6.45) is 2.50. The van der Waals surface area contributed by atoms with E-state index < -0.39 is 0 Å².